The molecule has 4 heterocycles. The summed E-state index contributed by atoms with van der Waals surface area (Å²) in [6.45, 7) is 4.02. The fourth-order valence-corrected chi connectivity index (χ4v) is 15.5. The van der Waals surface area contributed by atoms with E-state index in [9.17, 15) is 0 Å². The first-order valence-electron chi connectivity index (χ1n) is 27.2. The summed E-state index contributed by atoms with van der Waals surface area (Å²) in [5, 5.41) is 14.4. The van der Waals surface area contributed by atoms with E-state index in [0.29, 0.717) is 0 Å². The molecule has 12 aromatic rings. The van der Waals surface area contributed by atoms with Crippen LogP contribution in [0.1, 0.15) is 34.7 Å². The van der Waals surface area contributed by atoms with E-state index in [0.717, 1.165) is 53.6 Å². The molecule has 8 heteroatoms. The molecule has 2 aliphatic heterocycles. The van der Waals surface area contributed by atoms with E-state index < -0.39 is 0 Å². The van der Waals surface area contributed by atoms with Gasteiger partial charge in [-0.2, -0.15) is 0 Å². The molecule has 0 spiro atoms. The standard InChI is InChI=1S/C72H54N4S4/c1-2-73-65-27-14-12-25-61(65)63-39-33-53(44-67(63)73)71-48-78-49-72(80-71)54-34-40-64-62-26-13-15-28-66(62)74(68(64)45-54)42-41-50-17-16-24-60(43-50)76(57-22-10-5-11-23-57)59-37-31-52(32-38-59)70-47-77-46-69(79-70)51-29-35-58(36-30-51)75(55-18-6-3-7-19-55)56-20-8-4-9-21-56/h3-40,43-49H,2,41-42H2,1H3. The van der Waals surface area contributed by atoms with Crippen LogP contribution in [0.3, 0.4) is 0 Å². The third kappa shape index (κ3) is 9.66. The predicted octanol–water partition coefficient (Wildman–Crippen LogP) is 21.7. The average Bonchev–Trinajstić information content (AvgIpc) is 4.24. The van der Waals surface area contributed by atoms with Crippen molar-refractivity contribution in [2.75, 3.05) is 9.80 Å². The van der Waals surface area contributed by atoms with Gasteiger partial charge in [0.2, 0.25) is 0 Å². The van der Waals surface area contributed by atoms with Crippen LogP contribution < -0.4 is 9.80 Å². The summed E-state index contributed by atoms with van der Waals surface area (Å²) in [6.07, 6.45) is 0.879. The predicted molar refractivity (Wildman–Crippen MR) is 353 cm³/mol. The van der Waals surface area contributed by atoms with Crippen LogP contribution >= 0.6 is 47.0 Å². The van der Waals surface area contributed by atoms with Crippen molar-refractivity contribution in [1.82, 2.24) is 9.13 Å². The van der Waals surface area contributed by atoms with Crippen molar-refractivity contribution in [3.05, 3.63) is 298 Å². The Bertz CT molecular complexity index is 4350. The summed E-state index contributed by atoms with van der Waals surface area (Å²) in [7, 11) is 0. The lowest BCUT2D eigenvalue weighted by atomic mass is 10.1. The van der Waals surface area contributed by atoms with Gasteiger partial charge in [-0.15, -0.1) is 23.5 Å². The highest BCUT2D eigenvalue weighted by atomic mass is 32.2. The van der Waals surface area contributed by atoms with Gasteiger partial charge in [0.1, 0.15) is 0 Å². The number of para-hydroxylation sites is 5. The highest BCUT2D eigenvalue weighted by molar-refractivity contribution is 8.20. The number of aromatic nitrogens is 2. The lowest BCUT2D eigenvalue weighted by Gasteiger charge is -2.26. The van der Waals surface area contributed by atoms with Crippen LogP contribution in [0.5, 0.6) is 0 Å². The van der Waals surface area contributed by atoms with Crippen molar-refractivity contribution in [2.24, 2.45) is 0 Å². The molecule has 0 unspecified atom stereocenters. The molecule has 14 rings (SSSR count). The monoisotopic (exact) mass is 1100 g/mol. The molecule has 2 aliphatic rings. The first-order valence-corrected chi connectivity index (χ1v) is 30.7. The second-order valence-electron chi connectivity index (χ2n) is 20.0. The number of aryl methyl sites for hydroxylation is 3. The maximum Gasteiger partial charge on any atom is 0.0497 e. The Hall–Kier alpha value is -8.24. The van der Waals surface area contributed by atoms with Gasteiger partial charge in [-0.05, 0) is 160 Å². The van der Waals surface area contributed by atoms with Crippen LogP contribution in [0.15, 0.2) is 270 Å². The minimum absolute atomic E-state index is 0.847. The van der Waals surface area contributed by atoms with E-state index >= 15 is 0 Å². The number of rotatable bonds is 14. The zero-order chi connectivity index (χ0) is 53.4. The van der Waals surface area contributed by atoms with Crippen molar-refractivity contribution in [2.45, 2.75) is 26.4 Å². The van der Waals surface area contributed by atoms with E-state index in [1.54, 1.807) is 23.5 Å². The summed E-state index contributed by atoms with van der Waals surface area (Å²) >= 11 is 7.24. The lowest BCUT2D eigenvalue weighted by Crippen LogP contribution is -2.10. The van der Waals surface area contributed by atoms with Gasteiger partial charge in [0.05, 0.1) is 0 Å². The minimum Gasteiger partial charge on any atom is -0.341 e. The number of nitrogens with zero attached hydrogens (tertiary/aromatic N) is 4. The summed E-state index contributed by atoms with van der Waals surface area (Å²) in [4.78, 5) is 9.73. The Morgan fingerprint density at radius 3 is 1.18 bits per heavy atom. The zero-order valence-corrected chi connectivity index (χ0v) is 47.3. The summed E-state index contributed by atoms with van der Waals surface area (Å²) in [5.74, 6) is 0. The average molecular weight is 1100 g/mol. The fourth-order valence-electron chi connectivity index (χ4n) is 11.4. The topological polar surface area (TPSA) is 16.3 Å². The number of hydrogen-bond donors (Lipinski definition) is 0. The van der Waals surface area contributed by atoms with Gasteiger partial charge in [-0.3, -0.25) is 0 Å². The first-order chi connectivity index (χ1) is 39.6. The number of fused-ring (bicyclic) bond motifs is 6. The molecule has 0 N–H and O–H groups in total. The van der Waals surface area contributed by atoms with Gasteiger partial charge in [0.25, 0.3) is 0 Å². The second kappa shape index (κ2) is 22.1. The van der Waals surface area contributed by atoms with Gasteiger partial charge in [0, 0.05) is 110 Å². The molecule has 0 saturated carbocycles. The van der Waals surface area contributed by atoms with Crippen LogP contribution in [0, 0.1) is 0 Å². The van der Waals surface area contributed by atoms with Crippen LogP contribution in [-0.4, -0.2) is 9.13 Å². The van der Waals surface area contributed by atoms with Gasteiger partial charge < -0.3 is 18.9 Å². The van der Waals surface area contributed by atoms with Crippen LogP contribution in [0.4, 0.5) is 34.1 Å². The molecule has 386 valence electrons. The van der Waals surface area contributed by atoms with Crippen molar-refractivity contribution < 1.29 is 0 Å². The number of benzene rings is 10. The number of hydrogen-bond acceptors (Lipinski definition) is 6. The molecule has 4 nitrogen and oxygen atoms in total. The van der Waals surface area contributed by atoms with E-state index in [-0.39, 0.29) is 0 Å². The van der Waals surface area contributed by atoms with Gasteiger partial charge >= 0.3 is 0 Å². The van der Waals surface area contributed by atoms with E-state index in [2.05, 4.69) is 296 Å². The molecule has 0 bridgehead atoms. The Labute approximate surface area is 484 Å². The third-order valence-corrected chi connectivity index (χ3v) is 19.6. The molecule has 2 aromatic heterocycles. The Morgan fingerprint density at radius 1 is 0.312 bits per heavy atom. The van der Waals surface area contributed by atoms with Gasteiger partial charge in [0.15, 0.2) is 0 Å². The second-order valence-corrected chi connectivity index (χ2v) is 23.6. The molecule has 0 amide bonds. The third-order valence-electron chi connectivity index (χ3n) is 15.2. The maximum absolute atomic E-state index is 2.54. The molecule has 80 heavy (non-hydrogen) atoms. The lowest BCUT2D eigenvalue weighted by molar-refractivity contribution is 0.745. The van der Waals surface area contributed by atoms with Crippen LogP contribution in [0.25, 0.3) is 63.2 Å². The minimum atomic E-state index is 0.847. The maximum atomic E-state index is 2.54. The van der Waals surface area contributed by atoms with E-state index in [1.165, 1.54) is 91.0 Å². The largest absolute Gasteiger partial charge is 0.341 e. The normalized spacial score (nSPS) is 13.6. The molecule has 0 aliphatic carbocycles. The molecular weight excluding hydrogens is 1050 g/mol. The van der Waals surface area contributed by atoms with Crippen molar-refractivity contribution >= 4 is 144 Å². The van der Waals surface area contributed by atoms with E-state index in [1.807, 2.05) is 23.5 Å². The van der Waals surface area contributed by atoms with Crippen molar-refractivity contribution in [3.8, 4) is 0 Å². The Kier molecular flexibility index (Phi) is 13.8. The Balaban J connectivity index is 0.701. The highest BCUT2D eigenvalue weighted by Gasteiger charge is 2.21. The summed E-state index contributed by atoms with van der Waals surface area (Å²) < 4.78 is 4.99. The quantitative estimate of drug-likeness (QED) is 0.107. The van der Waals surface area contributed by atoms with Crippen LogP contribution in [-0.2, 0) is 19.5 Å². The molecule has 0 atom stereocenters. The molecule has 0 fully saturated rings. The fraction of sp³-hybridized carbons (Fsp3) is 0.0556. The summed E-state index contributed by atoms with van der Waals surface area (Å²) in [5.41, 5.74) is 18.1. The van der Waals surface area contributed by atoms with Gasteiger partial charge in [-0.1, -0.05) is 175 Å². The smallest absolute Gasteiger partial charge is 0.0497 e. The van der Waals surface area contributed by atoms with Gasteiger partial charge in [-0.25, -0.2) is 0 Å². The van der Waals surface area contributed by atoms with Crippen molar-refractivity contribution in [1.29, 1.82) is 0 Å². The number of thioether (sulfide) groups is 4. The zero-order valence-electron chi connectivity index (χ0n) is 44.0. The molecular formula is C72H54N4S4. The Morgan fingerprint density at radius 2 is 0.688 bits per heavy atom. The number of anilines is 6. The van der Waals surface area contributed by atoms with Crippen LogP contribution in [0.2, 0.25) is 0 Å². The summed E-state index contributed by atoms with van der Waals surface area (Å²) in [6, 6.07) is 90.9. The van der Waals surface area contributed by atoms with E-state index in [4.69, 9.17) is 0 Å². The molecule has 0 saturated heterocycles. The highest BCUT2D eigenvalue weighted by Crippen LogP contribution is 2.49. The van der Waals surface area contributed by atoms with Crippen molar-refractivity contribution in [3.63, 3.8) is 0 Å². The molecule has 0 radical (unpaired) electrons. The SMILES string of the molecule is CCn1c2ccccc2c2ccc(C3=CSC=C(c4ccc5c6ccccc6n(CCc6cccc(N(c7ccccc7)c7ccc(C8=CSC=C(c9ccc(N(c%10ccccc%10)c%10ccccc%10)cc9)S8)cc7)c6)c5c4)S3)cc21. The first kappa shape index (κ1) is 50.0. The molecule has 10 aromatic carbocycles.